The highest BCUT2D eigenvalue weighted by molar-refractivity contribution is 7.71. The molecule has 1 aromatic carbocycles. The number of rotatable bonds is 3. The quantitative estimate of drug-likeness (QED) is 0.863. The van der Waals surface area contributed by atoms with Gasteiger partial charge >= 0.3 is 0 Å². The van der Waals surface area contributed by atoms with Crippen LogP contribution in [0.1, 0.15) is 5.69 Å². The van der Waals surface area contributed by atoms with Crippen LogP contribution in [0.3, 0.4) is 0 Å². The molecule has 0 spiro atoms. The highest BCUT2D eigenvalue weighted by Crippen LogP contribution is 2.28. The number of ether oxygens (including phenoxy) is 2. The fourth-order valence-corrected chi connectivity index (χ4v) is 1.94. The molecule has 0 aliphatic carbocycles. The number of hydrogen-bond donors (Lipinski definition) is 1. The normalized spacial score (nSPS) is 10.2. The van der Waals surface area contributed by atoms with Crippen LogP contribution in [0.25, 0.3) is 11.3 Å². The van der Waals surface area contributed by atoms with Crippen LogP contribution in [0.5, 0.6) is 11.5 Å². The second-order valence-electron chi connectivity index (χ2n) is 3.86. The average molecular weight is 262 g/mol. The summed E-state index contributed by atoms with van der Waals surface area (Å²) in [5.41, 5.74) is 2.68. The molecule has 2 aromatic rings. The lowest BCUT2D eigenvalue weighted by molar-refractivity contribution is 0.394. The zero-order chi connectivity index (χ0) is 13.1. The Morgan fingerprint density at radius 2 is 1.67 bits per heavy atom. The monoisotopic (exact) mass is 262 g/mol. The van der Waals surface area contributed by atoms with E-state index in [0.717, 1.165) is 28.5 Å². The van der Waals surface area contributed by atoms with Crippen LogP contribution in [0.4, 0.5) is 0 Å². The fourth-order valence-electron chi connectivity index (χ4n) is 1.68. The summed E-state index contributed by atoms with van der Waals surface area (Å²) in [5.74, 6) is 1.45. The molecule has 0 radical (unpaired) electrons. The zero-order valence-electron chi connectivity index (χ0n) is 10.5. The molecular formula is C13H14N2O2S. The lowest BCUT2D eigenvalue weighted by atomic mass is 10.1. The third kappa shape index (κ3) is 2.68. The van der Waals surface area contributed by atoms with E-state index >= 15 is 0 Å². The Bertz CT molecular complexity index is 600. The van der Waals surface area contributed by atoms with E-state index in [1.54, 1.807) is 14.2 Å². The molecule has 2 rings (SSSR count). The van der Waals surface area contributed by atoms with E-state index in [-0.39, 0.29) is 0 Å². The van der Waals surface area contributed by atoms with Crippen LogP contribution in [0.2, 0.25) is 0 Å². The van der Waals surface area contributed by atoms with Gasteiger partial charge in [-0.1, -0.05) is 0 Å². The Labute approximate surface area is 111 Å². The molecule has 1 N–H and O–H groups in total. The number of H-pyrrole nitrogens is 1. The molecule has 0 unspecified atom stereocenters. The van der Waals surface area contributed by atoms with Crippen molar-refractivity contribution >= 4 is 12.2 Å². The van der Waals surface area contributed by atoms with Gasteiger partial charge in [0, 0.05) is 17.3 Å². The first kappa shape index (κ1) is 12.6. The molecule has 0 saturated heterocycles. The summed E-state index contributed by atoms with van der Waals surface area (Å²) in [6, 6.07) is 7.56. The van der Waals surface area contributed by atoms with Gasteiger partial charge in [-0.3, -0.25) is 0 Å². The van der Waals surface area contributed by atoms with Gasteiger partial charge in [0.05, 0.1) is 19.9 Å². The van der Waals surface area contributed by atoms with Gasteiger partial charge in [-0.25, -0.2) is 4.98 Å². The van der Waals surface area contributed by atoms with Crippen LogP contribution >= 0.6 is 12.2 Å². The van der Waals surface area contributed by atoms with Crippen molar-refractivity contribution in [3.05, 3.63) is 34.7 Å². The molecule has 94 valence electrons. The van der Waals surface area contributed by atoms with Gasteiger partial charge in [0.15, 0.2) is 4.77 Å². The number of aromatic amines is 1. The first-order valence-corrected chi connectivity index (χ1v) is 5.84. The van der Waals surface area contributed by atoms with Gasteiger partial charge < -0.3 is 14.5 Å². The molecule has 18 heavy (non-hydrogen) atoms. The third-order valence-electron chi connectivity index (χ3n) is 2.53. The van der Waals surface area contributed by atoms with E-state index in [2.05, 4.69) is 9.97 Å². The van der Waals surface area contributed by atoms with Gasteiger partial charge in [0.2, 0.25) is 0 Å². The molecule has 4 nitrogen and oxygen atoms in total. The highest BCUT2D eigenvalue weighted by Gasteiger charge is 2.06. The minimum absolute atomic E-state index is 0.465. The van der Waals surface area contributed by atoms with Crippen molar-refractivity contribution < 1.29 is 9.47 Å². The number of nitrogens with one attached hydrogen (secondary N) is 1. The Kier molecular flexibility index (Phi) is 3.62. The number of aromatic nitrogens is 2. The standard InChI is InChI=1S/C13H14N2O2S/c1-8-4-12(15-13(18)14-8)9-5-10(16-2)7-11(6-9)17-3/h4-7H,1-3H3,(H,14,15,18). The first-order chi connectivity index (χ1) is 8.62. The van der Waals surface area contributed by atoms with Gasteiger partial charge in [-0.05, 0) is 37.3 Å². The second-order valence-corrected chi connectivity index (χ2v) is 4.24. The van der Waals surface area contributed by atoms with Crippen molar-refractivity contribution in [2.24, 2.45) is 0 Å². The summed E-state index contributed by atoms with van der Waals surface area (Å²) in [6.07, 6.45) is 0. The van der Waals surface area contributed by atoms with Gasteiger partial charge in [0.1, 0.15) is 11.5 Å². The number of aryl methyl sites for hydroxylation is 1. The highest BCUT2D eigenvalue weighted by atomic mass is 32.1. The predicted octanol–water partition coefficient (Wildman–Crippen LogP) is 3.13. The maximum Gasteiger partial charge on any atom is 0.197 e. The molecular weight excluding hydrogens is 248 g/mol. The fraction of sp³-hybridized carbons (Fsp3) is 0.231. The van der Waals surface area contributed by atoms with Crippen LogP contribution in [-0.2, 0) is 0 Å². The van der Waals surface area contributed by atoms with Crippen molar-refractivity contribution in [3.63, 3.8) is 0 Å². The molecule has 5 heteroatoms. The Balaban J connectivity index is 2.58. The topological polar surface area (TPSA) is 47.1 Å². The summed E-state index contributed by atoms with van der Waals surface area (Å²) >= 11 is 5.08. The maximum absolute atomic E-state index is 5.24. The van der Waals surface area contributed by atoms with E-state index in [9.17, 15) is 0 Å². The van der Waals surface area contributed by atoms with E-state index in [4.69, 9.17) is 21.7 Å². The summed E-state index contributed by atoms with van der Waals surface area (Å²) in [6.45, 7) is 1.94. The summed E-state index contributed by atoms with van der Waals surface area (Å²) in [5, 5.41) is 0. The third-order valence-corrected chi connectivity index (χ3v) is 2.72. The van der Waals surface area contributed by atoms with Crippen LogP contribution in [-0.4, -0.2) is 24.2 Å². The number of methoxy groups -OCH3 is 2. The Morgan fingerprint density at radius 1 is 1.06 bits per heavy atom. The second kappa shape index (κ2) is 5.18. The lowest BCUT2D eigenvalue weighted by Gasteiger charge is -2.08. The Morgan fingerprint density at radius 3 is 2.17 bits per heavy atom. The molecule has 0 atom stereocenters. The largest absolute Gasteiger partial charge is 0.497 e. The molecule has 0 aliphatic rings. The molecule has 0 bridgehead atoms. The molecule has 1 aromatic heterocycles. The maximum atomic E-state index is 5.24. The van der Waals surface area contributed by atoms with Crippen molar-refractivity contribution in [2.75, 3.05) is 14.2 Å². The Hall–Kier alpha value is -1.88. The summed E-state index contributed by atoms with van der Waals surface area (Å²) in [7, 11) is 3.24. The molecule has 0 fully saturated rings. The van der Waals surface area contributed by atoms with Crippen molar-refractivity contribution in [2.45, 2.75) is 6.92 Å². The molecule has 0 aliphatic heterocycles. The minimum atomic E-state index is 0.465. The number of nitrogens with zero attached hydrogens (tertiary/aromatic N) is 1. The van der Waals surface area contributed by atoms with Gasteiger partial charge in [-0.15, -0.1) is 0 Å². The lowest BCUT2D eigenvalue weighted by Crippen LogP contribution is -1.93. The van der Waals surface area contributed by atoms with E-state index in [1.807, 2.05) is 31.2 Å². The molecule has 1 heterocycles. The van der Waals surface area contributed by atoms with E-state index in [1.165, 1.54) is 0 Å². The van der Waals surface area contributed by atoms with Crippen LogP contribution in [0.15, 0.2) is 24.3 Å². The summed E-state index contributed by atoms with van der Waals surface area (Å²) < 4.78 is 10.9. The predicted molar refractivity (Wildman–Crippen MR) is 72.7 cm³/mol. The average Bonchev–Trinajstić information content (AvgIpc) is 2.37. The minimum Gasteiger partial charge on any atom is -0.497 e. The van der Waals surface area contributed by atoms with Crippen molar-refractivity contribution in [1.29, 1.82) is 0 Å². The van der Waals surface area contributed by atoms with E-state index < -0.39 is 0 Å². The first-order valence-electron chi connectivity index (χ1n) is 5.44. The van der Waals surface area contributed by atoms with Gasteiger partial charge in [0.25, 0.3) is 0 Å². The van der Waals surface area contributed by atoms with Crippen LogP contribution < -0.4 is 9.47 Å². The smallest absolute Gasteiger partial charge is 0.197 e. The molecule has 0 amide bonds. The van der Waals surface area contributed by atoms with Crippen molar-refractivity contribution in [3.8, 4) is 22.8 Å². The SMILES string of the molecule is COc1cc(OC)cc(-c2cc(C)[nH]c(=S)n2)c1. The zero-order valence-corrected chi connectivity index (χ0v) is 11.3. The van der Waals surface area contributed by atoms with Crippen molar-refractivity contribution in [1.82, 2.24) is 9.97 Å². The number of hydrogen-bond acceptors (Lipinski definition) is 4. The van der Waals surface area contributed by atoms with Gasteiger partial charge in [-0.2, -0.15) is 0 Å². The number of benzene rings is 1. The molecule has 0 saturated carbocycles. The van der Waals surface area contributed by atoms with E-state index in [0.29, 0.717) is 4.77 Å². The summed E-state index contributed by atoms with van der Waals surface area (Å²) in [4.78, 5) is 7.28. The van der Waals surface area contributed by atoms with Crippen LogP contribution in [0, 0.1) is 11.7 Å².